The third-order valence-corrected chi connectivity index (χ3v) is 2.65. The zero-order valence-electron chi connectivity index (χ0n) is 9.52. The second-order valence-corrected chi connectivity index (χ2v) is 4.14. The number of nitrogens with two attached hydrogens (primary N) is 1. The molecule has 15 heavy (non-hydrogen) atoms. The van der Waals surface area contributed by atoms with Crippen molar-refractivity contribution in [2.75, 3.05) is 19.7 Å². The molecule has 5 heteroatoms. The zero-order chi connectivity index (χ0) is 11.3. The predicted octanol–water partition coefficient (Wildman–Crippen LogP) is 0.622. The lowest BCUT2D eigenvalue weighted by Gasteiger charge is -2.23. The highest BCUT2D eigenvalue weighted by Crippen LogP contribution is 2.16. The van der Waals surface area contributed by atoms with Gasteiger partial charge in [-0.3, -0.25) is 4.90 Å². The molecule has 1 rings (SSSR count). The molecule has 1 aliphatic rings. The Hall–Kier alpha value is -0.810. The van der Waals surface area contributed by atoms with E-state index in [4.69, 9.17) is 15.7 Å². The second-order valence-electron chi connectivity index (χ2n) is 4.14. The molecule has 88 valence electrons. The van der Waals surface area contributed by atoms with Gasteiger partial charge in [-0.1, -0.05) is 5.16 Å². The maximum absolute atomic E-state index is 8.63. The summed E-state index contributed by atoms with van der Waals surface area (Å²) >= 11 is 0. The van der Waals surface area contributed by atoms with E-state index in [1.807, 2.05) is 13.8 Å². The number of nitrogens with zero attached hydrogens (tertiary/aromatic N) is 2. The van der Waals surface area contributed by atoms with Crippen LogP contribution in [0.4, 0.5) is 0 Å². The highest BCUT2D eigenvalue weighted by molar-refractivity contribution is 5.85. The molecule has 1 fully saturated rings. The van der Waals surface area contributed by atoms with Crippen molar-refractivity contribution in [1.82, 2.24) is 4.90 Å². The molecule has 3 N–H and O–H groups in total. The third kappa shape index (κ3) is 3.68. The standard InChI is InChI=1S/C10H21N3O2/c1-8(2)15-7-6-13-5-3-4-9(13)10(11)12-14/h8-9,14H,3-7H2,1-2H3,(H2,11,12). The van der Waals surface area contributed by atoms with Crippen molar-refractivity contribution < 1.29 is 9.94 Å². The lowest BCUT2D eigenvalue weighted by Crippen LogP contribution is -2.42. The van der Waals surface area contributed by atoms with E-state index in [0.717, 1.165) is 25.9 Å². The number of rotatable bonds is 5. The van der Waals surface area contributed by atoms with Gasteiger partial charge in [0.25, 0.3) is 0 Å². The van der Waals surface area contributed by atoms with Gasteiger partial charge < -0.3 is 15.7 Å². The van der Waals surface area contributed by atoms with Crippen LogP contribution in [-0.2, 0) is 4.74 Å². The SMILES string of the molecule is CC(C)OCCN1CCCC1C(N)=NO. The predicted molar refractivity (Wildman–Crippen MR) is 59.1 cm³/mol. The van der Waals surface area contributed by atoms with Gasteiger partial charge in [0, 0.05) is 6.54 Å². The zero-order valence-corrected chi connectivity index (χ0v) is 9.52. The fourth-order valence-corrected chi connectivity index (χ4v) is 1.90. The number of ether oxygens (including phenoxy) is 1. The fourth-order valence-electron chi connectivity index (χ4n) is 1.90. The van der Waals surface area contributed by atoms with Gasteiger partial charge in [-0.15, -0.1) is 0 Å². The van der Waals surface area contributed by atoms with Crippen molar-refractivity contribution in [3.63, 3.8) is 0 Å². The molecule has 1 unspecified atom stereocenters. The average molecular weight is 215 g/mol. The quantitative estimate of drug-likeness (QED) is 0.305. The van der Waals surface area contributed by atoms with Gasteiger partial charge in [0.05, 0.1) is 18.8 Å². The van der Waals surface area contributed by atoms with E-state index in [9.17, 15) is 0 Å². The summed E-state index contributed by atoms with van der Waals surface area (Å²) in [5, 5.41) is 11.7. The molecule has 0 aliphatic carbocycles. The molecule has 1 aliphatic heterocycles. The summed E-state index contributed by atoms with van der Waals surface area (Å²) in [4.78, 5) is 2.21. The van der Waals surface area contributed by atoms with Gasteiger partial charge in [-0.2, -0.15) is 0 Å². The van der Waals surface area contributed by atoms with E-state index in [0.29, 0.717) is 12.4 Å². The third-order valence-electron chi connectivity index (χ3n) is 2.65. The smallest absolute Gasteiger partial charge is 0.156 e. The molecular weight excluding hydrogens is 194 g/mol. The lowest BCUT2D eigenvalue weighted by molar-refractivity contribution is 0.0604. The highest BCUT2D eigenvalue weighted by atomic mass is 16.5. The minimum Gasteiger partial charge on any atom is -0.409 e. The number of hydrogen-bond acceptors (Lipinski definition) is 4. The Morgan fingerprint density at radius 3 is 3.00 bits per heavy atom. The molecule has 0 saturated carbocycles. The Morgan fingerprint density at radius 1 is 1.67 bits per heavy atom. The topological polar surface area (TPSA) is 71.1 Å². The maximum atomic E-state index is 8.63. The monoisotopic (exact) mass is 215 g/mol. The molecule has 1 saturated heterocycles. The van der Waals surface area contributed by atoms with Crippen LogP contribution in [-0.4, -0.2) is 47.8 Å². The first-order valence-electron chi connectivity index (χ1n) is 5.48. The molecule has 5 nitrogen and oxygen atoms in total. The molecule has 0 amide bonds. The van der Waals surface area contributed by atoms with E-state index < -0.39 is 0 Å². The van der Waals surface area contributed by atoms with Crippen molar-refractivity contribution in [3.8, 4) is 0 Å². The van der Waals surface area contributed by atoms with Gasteiger partial charge in [0.2, 0.25) is 0 Å². The molecule has 0 aromatic heterocycles. The largest absolute Gasteiger partial charge is 0.409 e. The molecular formula is C10H21N3O2. The van der Waals surface area contributed by atoms with Crippen molar-refractivity contribution in [2.45, 2.75) is 38.8 Å². The molecule has 1 heterocycles. The van der Waals surface area contributed by atoms with E-state index in [2.05, 4.69) is 10.1 Å². The van der Waals surface area contributed by atoms with Crippen LogP contribution in [0.3, 0.4) is 0 Å². The molecule has 1 atom stereocenters. The van der Waals surface area contributed by atoms with Gasteiger partial charge in [0.1, 0.15) is 0 Å². The van der Waals surface area contributed by atoms with Crippen molar-refractivity contribution >= 4 is 5.84 Å². The van der Waals surface area contributed by atoms with Crippen LogP contribution in [0.15, 0.2) is 5.16 Å². The Morgan fingerprint density at radius 2 is 2.40 bits per heavy atom. The number of oxime groups is 1. The Kier molecular flexibility index (Phi) is 4.84. The first-order chi connectivity index (χ1) is 7.15. The van der Waals surface area contributed by atoms with Crippen LogP contribution in [0.2, 0.25) is 0 Å². The molecule has 0 spiro atoms. The van der Waals surface area contributed by atoms with Gasteiger partial charge in [0.15, 0.2) is 5.84 Å². The van der Waals surface area contributed by atoms with Crippen LogP contribution in [0.25, 0.3) is 0 Å². The molecule has 0 radical (unpaired) electrons. The van der Waals surface area contributed by atoms with Crippen LogP contribution in [0.5, 0.6) is 0 Å². The summed E-state index contributed by atoms with van der Waals surface area (Å²) in [5.41, 5.74) is 5.62. The molecule has 0 aromatic carbocycles. The molecule has 0 aromatic rings. The Bertz CT molecular complexity index is 219. The number of hydrogen-bond donors (Lipinski definition) is 2. The minimum atomic E-state index is 0.0887. The lowest BCUT2D eigenvalue weighted by atomic mass is 10.2. The Balaban J connectivity index is 2.33. The van der Waals surface area contributed by atoms with E-state index in [1.165, 1.54) is 0 Å². The van der Waals surface area contributed by atoms with Crippen LogP contribution >= 0.6 is 0 Å². The fraction of sp³-hybridized carbons (Fsp3) is 0.900. The summed E-state index contributed by atoms with van der Waals surface area (Å²) in [7, 11) is 0. The van der Waals surface area contributed by atoms with E-state index in [1.54, 1.807) is 0 Å². The Labute approximate surface area is 90.9 Å². The summed E-state index contributed by atoms with van der Waals surface area (Å²) < 4.78 is 5.48. The van der Waals surface area contributed by atoms with Crippen molar-refractivity contribution in [3.05, 3.63) is 0 Å². The van der Waals surface area contributed by atoms with Crippen molar-refractivity contribution in [2.24, 2.45) is 10.9 Å². The van der Waals surface area contributed by atoms with Crippen LogP contribution in [0.1, 0.15) is 26.7 Å². The summed E-state index contributed by atoms with van der Waals surface area (Å²) in [6.07, 6.45) is 2.33. The van der Waals surface area contributed by atoms with E-state index >= 15 is 0 Å². The highest BCUT2D eigenvalue weighted by Gasteiger charge is 2.27. The summed E-state index contributed by atoms with van der Waals surface area (Å²) in [6.45, 7) is 6.59. The second kappa shape index (κ2) is 5.92. The maximum Gasteiger partial charge on any atom is 0.156 e. The first kappa shape index (κ1) is 12.3. The van der Waals surface area contributed by atoms with Crippen LogP contribution in [0, 0.1) is 0 Å². The molecule has 0 bridgehead atoms. The van der Waals surface area contributed by atoms with Gasteiger partial charge >= 0.3 is 0 Å². The summed E-state index contributed by atoms with van der Waals surface area (Å²) in [5.74, 6) is 0.317. The first-order valence-corrected chi connectivity index (χ1v) is 5.48. The average Bonchev–Trinajstić information content (AvgIpc) is 2.64. The van der Waals surface area contributed by atoms with Gasteiger partial charge in [-0.25, -0.2) is 0 Å². The normalized spacial score (nSPS) is 23.9. The van der Waals surface area contributed by atoms with E-state index in [-0.39, 0.29) is 12.1 Å². The number of amidine groups is 1. The number of likely N-dealkylation sites (tertiary alicyclic amines) is 1. The van der Waals surface area contributed by atoms with Crippen molar-refractivity contribution in [1.29, 1.82) is 0 Å². The van der Waals surface area contributed by atoms with Crippen LogP contribution < -0.4 is 5.73 Å². The summed E-state index contributed by atoms with van der Waals surface area (Å²) in [6, 6.07) is 0.0887. The minimum absolute atomic E-state index is 0.0887. The van der Waals surface area contributed by atoms with Gasteiger partial charge in [-0.05, 0) is 33.2 Å².